The van der Waals surface area contributed by atoms with Gasteiger partial charge in [-0.3, -0.25) is 5.10 Å². The molecule has 0 unspecified atom stereocenters. The summed E-state index contributed by atoms with van der Waals surface area (Å²) in [6.45, 7) is 2.10. The zero-order valence-electron chi connectivity index (χ0n) is 13.3. The molecular formula is C16H22N4O2S. The molecule has 0 radical (unpaired) electrons. The Bertz CT molecular complexity index is 768. The Morgan fingerprint density at radius 2 is 2.04 bits per heavy atom. The zero-order chi connectivity index (χ0) is 16.4. The fraction of sp³-hybridized carbons (Fsp3) is 0.438. The number of H-pyrrole nitrogens is 1. The molecule has 0 saturated heterocycles. The van der Waals surface area contributed by atoms with Crippen molar-refractivity contribution in [2.75, 3.05) is 7.05 Å². The van der Waals surface area contributed by atoms with Gasteiger partial charge in [0.05, 0.1) is 11.1 Å². The number of benzene rings is 1. The van der Waals surface area contributed by atoms with E-state index in [1.807, 2.05) is 18.3 Å². The highest BCUT2D eigenvalue weighted by Crippen LogP contribution is 2.22. The molecule has 0 fully saturated rings. The summed E-state index contributed by atoms with van der Waals surface area (Å²) >= 11 is 0. The van der Waals surface area contributed by atoms with E-state index in [0.717, 1.165) is 24.8 Å². The number of aryl methyl sites for hydroxylation is 1. The molecule has 3 N–H and O–H groups in total. The summed E-state index contributed by atoms with van der Waals surface area (Å²) in [5, 5.41) is 10.8. The van der Waals surface area contributed by atoms with E-state index in [1.54, 1.807) is 12.1 Å². The summed E-state index contributed by atoms with van der Waals surface area (Å²) in [5.74, 6) is 0. The van der Waals surface area contributed by atoms with Crippen LogP contribution in [0, 0.1) is 0 Å². The molecule has 23 heavy (non-hydrogen) atoms. The van der Waals surface area contributed by atoms with E-state index in [9.17, 15) is 8.42 Å². The van der Waals surface area contributed by atoms with E-state index in [2.05, 4.69) is 27.2 Å². The Labute approximate surface area is 136 Å². The first-order valence-electron chi connectivity index (χ1n) is 7.80. The summed E-state index contributed by atoms with van der Waals surface area (Å²) in [6, 6.07) is 7.61. The third kappa shape index (κ3) is 3.46. The van der Waals surface area contributed by atoms with Crippen LogP contribution in [0.1, 0.15) is 36.2 Å². The number of sulfonamides is 1. The van der Waals surface area contributed by atoms with Gasteiger partial charge in [0.2, 0.25) is 10.0 Å². The molecule has 3 rings (SSSR count). The maximum absolute atomic E-state index is 11.8. The largest absolute Gasteiger partial charge is 0.307 e. The number of hydrogen-bond donors (Lipinski definition) is 3. The molecule has 1 aliphatic carbocycles. The van der Waals surface area contributed by atoms with Gasteiger partial charge >= 0.3 is 0 Å². The topological polar surface area (TPSA) is 86.9 Å². The SMILES string of the molecule is CNS(=O)(=O)c1ccc([C@@H](C)N[C@@H]2CCc3[nH]ncc3C2)cc1. The first-order chi connectivity index (χ1) is 11.0. The van der Waals surface area contributed by atoms with Crippen LogP contribution in [-0.4, -0.2) is 31.7 Å². The molecule has 0 spiro atoms. The smallest absolute Gasteiger partial charge is 0.240 e. The minimum Gasteiger partial charge on any atom is -0.307 e. The Morgan fingerprint density at radius 1 is 1.30 bits per heavy atom. The normalized spacial score (nSPS) is 19.3. The highest BCUT2D eigenvalue weighted by molar-refractivity contribution is 7.89. The minimum absolute atomic E-state index is 0.166. The van der Waals surface area contributed by atoms with Gasteiger partial charge in [0.1, 0.15) is 0 Å². The second kappa shape index (κ2) is 6.43. The number of hydrogen-bond acceptors (Lipinski definition) is 4. The lowest BCUT2D eigenvalue weighted by Gasteiger charge is -2.26. The van der Waals surface area contributed by atoms with E-state index >= 15 is 0 Å². The molecule has 2 atom stereocenters. The number of nitrogens with one attached hydrogen (secondary N) is 3. The van der Waals surface area contributed by atoms with Crippen molar-refractivity contribution in [3.05, 3.63) is 47.3 Å². The highest BCUT2D eigenvalue weighted by Gasteiger charge is 2.21. The van der Waals surface area contributed by atoms with Crippen LogP contribution < -0.4 is 10.0 Å². The standard InChI is InChI=1S/C16H22N4O2S/c1-11(12-3-6-15(7-4-12)23(21,22)17-2)19-14-5-8-16-13(9-14)10-18-20-16/h3-4,6-7,10-11,14,17,19H,5,8-9H2,1-2H3,(H,18,20)/t11-,14-/m1/s1. The van der Waals surface area contributed by atoms with Gasteiger partial charge < -0.3 is 5.32 Å². The van der Waals surface area contributed by atoms with Crippen molar-refractivity contribution in [2.45, 2.75) is 43.2 Å². The van der Waals surface area contributed by atoms with Gasteiger partial charge in [-0.15, -0.1) is 0 Å². The second-order valence-corrected chi connectivity index (χ2v) is 7.86. The van der Waals surface area contributed by atoms with Crippen LogP contribution in [0.2, 0.25) is 0 Å². The average molecular weight is 334 g/mol. The fourth-order valence-electron chi connectivity index (χ4n) is 3.06. The predicted molar refractivity (Wildman–Crippen MR) is 88.6 cm³/mol. The van der Waals surface area contributed by atoms with Gasteiger partial charge in [-0.25, -0.2) is 13.1 Å². The number of fused-ring (bicyclic) bond motifs is 1. The first-order valence-corrected chi connectivity index (χ1v) is 9.28. The van der Waals surface area contributed by atoms with E-state index in [0.29, 0.717) is 6.04 Å². The van der Waals surface area contributed by atoms with Crippen molar-refractivity contribution in [3.63, 3.8) is 0 Å². The molecule has 6 nitrogen and oxygen atoms in total. The molecule has 0 bridgehead atoms. The number of nitrogens with zero attached hydrogens (tertiary/aromatic N) is 1. The molecule has 2 aromatic rings. The van der Waals surface area contributed by atoms with Crippen molar-refractivity contribution in [3.8, 4) is 0 Å². The van der Waals surface area contributed by atoms with Gasteiger partial charge in [0.15, 0.2) is 0 Å². The number of aromatic amines is 1. The molecule has 124 valence electrons. The molecule has 0 amide bonds. The maximum atomic E-state index is 11.8. The van der Waals surface area contributed by atoms with Crippen molar-refractivity contribution in [1.29, 1.82) is 0 Å². The Morgan fingerprint density at radius 3 is 2.74 bits per heavy atom. The zero-order valence-corrected chi connectivity index (χ0v) is 14.2. The van der Waals surface area contributed by atoms with E-state index in [1.165, 1.54) is 18.3 Å². The predicted octanol–water partition coefficient (Wildman–Crippen LogP) is 1.53. The molecule has 1 aliphatic rings. The second-order valence-electron chi connectivity index (χ2n) is 5.98. The number of rotatable bonds is 5. The van der Waals surface area contributed by atoms with Gasteiger partial charge in [-0.1, -0.05) is 12.1 Å². The number of aromatic nitrogens is 2. The van der Waals surface area contributed by atoms with Crippen LogP contribution in [0.5, 0.6) is 0 Å². The summed E-state index contributed by atoms with van der Waals surface area (Å²) < 4.78 is 25.8. The van der Waals surface area contributed by atoms with E-state index in [-0.39, 0.29) is 10.9 Å². The molecule has 0 saturated carbocycles. The minimum atomic E-state index is -3.38. The van der Waals surface area contributed by atoms with Gasteiger partial charge in [-0.05, 0) is 56.5 Å². The quantitative estimate of drug-likeness (QED) is 0.774. The molecule has 1 aromatic carbocycles. The third-order valence-electron chi connectivity index (χ3n) is 4.46. The lowest BCUT2D eigenvalue weighted by atomic mass is 9.92. The van der Waals surface area contributed by atoms with Crippen LogP contribution in [0.3, 0.4) is 0 Å². The lowest BCUT2D eigenvalue weighted by Crippen LogP contribution is -2.36. The van der Waals surface area contributed by atoms with Crippen molar-refractivity contribution in [2.24, 2.45) is 0 Å². The van der Waals surface area contributed by atoms with Crippen molar-refractivity contribution in [1.82, 2.24) is 20.2 Å². The molecule has 1 aromatic heterocycles. The summed E-state index contributed by atoms with van der Waals surface area (Å²) in [7, 11) is -1.96. The fourth-order valence-corrected chi connectivity index (χ4v) is 3.79. The molecule has 0 aliphatic heterocycles. The molecule has 7 heteroatoms. The van der Waals surface area contributed by atoms with Crippen molar-refractivity contribution < 1.29 is 8.42 Å². The van der Waals surface area contributed by atoms with Crippen LogP contribution in [0.4, 0.5) is 0 Å². The van der Waals surface area contributed by atoms with Gasteiger partial charge in [-0.2, -0.15) is 5.10 Å². The monoisotopic (exact) mass is 334 g/mol. The average Bonchev–Trinajstić information content (AvgIpc) is 3.02. The lowest BCUT2D eigenvalue weighted by molar-refractivity contribution is 0.412. The summed E-state index contributed by atoms with van der Waals surface area (Å²) in [5.41, 5.74) is 3.62. The summed E-state index contributed by atoms with van der Waals surface area (Å²) in [4.78, 5) is 0.289. The first kappa shape index (κ1) is 16.2. The highest BCUT2D eigenvalue weighted by atomic mass is 32.2. The van der Waals surface area contributed by atoms with E-state index < -0.39 is 10.0 Å². The van der Waals surface area contributed by atoms with Crippen LogP contribution in [-0.2, 0) is 22.9 Å². The van der Waals surface area contributed by atoms with Crippen LogP contribution in [0.15, 0.2) is 35.4 Å². The van der Waals surface area contributed by atoms with Gasteiger partial charge in [0, 0.05) is 17.8 Å². The molecule has 1 heterocycles. The third-order valence-corrected chi connectivity index (χ3v) is 5.89. The van der Waals surface area contributed by atoms with Gasteiger partial charge in [0.25, 0.3) is 0 Å². The van der Waals surface area contributed by atoms with Crippen molar-refractivity contribution >= 4 is 10.0 Å². The maximum Gasteiger partial charge on any atom is 0.240 e. The Balaban J connectivity index is 1.66. The summed E-state index contributed by atoms with van der Waals surface area (Å²) in [6.07, 6.45) is 4.97. The van der Waals surface area contributed by atoms with Crippen LogP contribution >= 0.6 is 0 Å². The van der Waals surface area contributed by atoms with Crippen LogP contribution in [0.25, 0.3) is 0 Å². The van der Waals surface area contributed by atoms with E-state index in [4.69, 9.17) is 0 Å². The Kier molecular flexibility index (Phi) is 4.52. The Hall–Kier alpha value is -1.70. The molecular weight excluding hydrogens is 312 g/mol.